The second-order valence-electron chi connectivity index (χ2n) is 6.93. The fourth-order valence-electron chi connectivity index (χ4n) is 3.68. The van der Waals surface area contributed by atoms with E-state index in [1.54, 1.807) is 35.9 Å². The summed E-state index contributed by atoms with van der Waals surface area (Å²) in [5.41, 5.74) is 1.84. The first-order chi connectivity index (χ1) is 13.6. The summed E-state index contributed by atoms with van der Waals surface area (Å²) in [7, 11) is 0. The van der Waals surface area contributed by atoms with Crippen LogP contribution >= 0.6 is 0 Å². The molecule has 8 heteroatoms. The summed E-state index contributed by atoms with van der Waals surface area (Å²) >= 11 is 0. The van der Waals surface area contributed by atoms with Crippen molar-refractivity contribution in [3.8, 4) is 11.5 Å². The molecule has 2 aliphatic heterocycles. The van der Waals surface area contributed by atoms with Gasteiger partial charge in [-0.3, -0.25) is 9.48 Å². The Morgan fingerprint density at radius 3 is 2.68 bits per heavy atom. The number of amides is 1. The molecule has 8 nitrogen and oxygen atoms in total. The minimum atomic E-state index is -0.359. The van der Waals surface area contributed by atoms with Crippen LogP contribution in [-0.2, 0) is 4.74 Å². The van der Waals surface area contributed by atoms with Crippen LogP contribution in [0, 0.1) is 6.92 Å². The highest BCUT2D eigenvalue weighted by Gasteiger charge is 2.29. The van der Waals surface area contributed by atoms with Crippen molar-refractivity contribution in [2.24, 2.45) is 0 Å². The number of fused-ring (bicyclic) bond motifs is 1. The second-order valence-corrected chi connectivity index (χ2v) is 6.93. The molecule has 0 saturated carbocycles. The number of rotatable bonds is 4. The van der Waals surface area contributed by atoms with Crippen molar-refractivity contribution in [2.75, 3.05) is 26.5 Å². The number of carbonyl (C=O) groups excluding carboxylic acids is 2. The summed E-state index contributed by atoms with van der Waals surface area (Å²) in [4.78, 5) is 26.9. The number of likely N-dealkylation sites (tertiary alicyclic amines) is 1. The lowest BCUT2D eigenvalue weighted by molar-refractivity contribution is 0.0498. The van der Waals surface area contributed by atoms with Crippen LogP contribution in [0.2, 0.25) is 0 Å². The fraction of sp³-hybridized carbons (Fsp3) is 0.450. The molecule has 2 aromatic rings. The van der Waals surface area contributed by atoms with Gasteiger partial charge < -0.3 is 19.1 Å². The van der Waals surface area contributed by atoms with Gasteiger partial charge in [0.05, 0.1) is 18.3 Å². The summed E-state index contributed by atoms with van der Waals surface area (Å²) in [6, 6.07) is 7.07. The average Bonchev–Trinajstić information content (AvgIpc) is 3.33. The van der Waals surface area contributed by atoms with E-state index < -0.39 is 0 Å². The van der Waals surface area contributed by atoms with E-state index in [0.29, 0.717) is 42.5 Å². The van der Waals surface area contributed by atoms with Gasteiger partial charge in [-0.1, -0.05) is 0 Å². The lowest BCUT2D eigenvalue weighted by Gasteiger charge is -2.32. The van der Waals surface area contributed by atoms with E-state index in [0.717, 1.165) is 18.5 Å². The van der Waals surface area contributed by atoms with Gasteiger partial charge in [-0.25, -0.2) is 4.79 Å². The molecule has 148 valence electrons. The molecule has 3 heterocycles. The molecule has 0 N–H and O–H groups in total. The fourth-order valence-corrected chi connectivity index (χ4v) is 3.68. The molecule has 1 amide bonds. The summed E-state index contributed by atoms with van der Waals surface area (Å²) in [5.74, 6) is 0.878. The van der Waals surface area contributed by atoms with Crippen LogP contribution in [0.5, 0.6) is 11.5 Å². The van der Waals surface area contributed by atoms with Gasteiger partial charge in [-0.15, -0.1) is 0 Å². The Hall–Kier alpha value is -3.03. The molecular formula is C20H23N3O5. The zero-order valence-corrected chi connectivity index (χ0v) is 16.0. The Labute approximate surface area is 163 Å². The zero-order chi connectivity index (χ0) is 19.7. The van der Waals surface area contributed by atoms with Crippen molar-refractivity contribution in [3.63, 3.8) is 0 Å². The first kappa shape index (κ1) is 18.3. The predicted molar refractivity (Wildman–Crippen MR) is 99.7 cm³/mol. The molecule has 0 unspecified atom stereocenters. The van der Waals surface area contributed by atoms with Crippen molar-refractivity contribution >= 4 is 11.9 Å². The Bertz CT molecular complexity index is 899. The van der Waals surface area contributed by atoms with Crippen LogP contribution in [0.1, 0.15) is 52.3 Å². The summed E-state index contributed by atoms with van der Waals surface area (Å²) in [5, 5.41) is 4.49. The molecule has 1 aromatic heterocycles. The number of hydrogen-bond donors (Lipinski definition) is 0. The topological polar surface area (TPSA) is 82.9 Å². The van der Waals surface area contributed by atoms with Gasteiger partial charge in [-0.05, 0) is 51.0 Å². The number of esters is 1. The van der Waals surface area contributed by atoms with Crippen molar-refractivity contribution in [1.29, 1.82) is 0 Å². The Morgan fingerprint density at radius 2 is 1.93 bits per heavy atom. The van der Waals surface area contributed by atoms with Gasteiger partial charge in [0, 0.05) is 18.7 Å². The number of piperidine rings is 1. The Morgan fingerprint density at radius 1 is 1.18 bits per heavy atom. The molecule has 0 bridgehead atoms. The van der Waals surface area contributed by atoms with Gasteiger partial charge >= 0.3 is 5.97 Å². The van der Waals surface area contributed by atoms with E-state index >= 15 is 0 Å². The van der Waals surface area contributed by atoms with Crippen LogP contribution in [0.4, 0.5) is 0 Å². The van der Waals surface area contributed by atoms with Crippen molar-refractivity contribution in [2.45, 2.75) is 32.7 Å². The molecule has 1 aromatic carbocycles. The summed E-state index contributed by atoms with van der Waals surface area (Å²) in [6.07, 6.45) is 1.45. The third-order valence-electron chi connectivity index (χ3n) is 5.06. The third kappa shape index (κ3) is 3.42. The number of benzene rings is 1. The van der Waals surface area contributed by atoms with E-state index in [-0.39, 0.29) is 24.7 Å². The highest BCUT2D eigenvalue weighted by Crippen LogP contribution is 2.33. The molecule has 0 aliphatic carbocycles. The van der Waals surface area contributed by atoms with Crippen LogP contribution < -0.4 is 9.47 Å². The molecule has 1 fully saturated rings. The molecule has 0 radical (unpaired) electrons. The molecule has 2 aliphatic rings. The van der Waals surface area contributed by atoms with Crippen molar-refractivity contribution < 1.29 is 23.8 Å². The molecule has 28 heavy (non-hydrogen) atoms. The number of ether oxygens (including phenoxy) is 3. The van der Waals surface area contributed by atoms with E-state index in [9.17, 15) is 9.59 Å². The smallest absolute Gasteiger partial charge is 0.356 e. The van der Waals surface area contributed by atoms with E-state index in [1.165, 1.54) is 0 Å². The molecular weight excluding hydrogens is 362 g/mol. The van der Waals surface area contributed by atoms with E-state index in [4.69, 9.17) is 14.2 Å². The first-order valence-electron chi connectivity index (χ1n) is 9.49. The van der Waals surface area contributed by atoms with Crippen LogP contribution in [0.15, 0.2) is 24.3 Å². The quantitative estimate of drug-likeness (QED) is 0.753. The van der Waals surface area contributed by atoms with Crippen molar-refractivity contribution in [3.05, 3.63) is 41.2 Å². The lowest BCUT2D eigenvalue weighted by Crippen LogP contribution is -2.39. The average molecular weight is 385 g/mol. The summed E-state index contributed by atoms with van der Waals surface area (Å²) < 4.78 is 17.6. The predicted octanol–water partition coefficient (Wildman–Crippen LogP) is 2.57. The van der Waals surface area contributed by atoms with Crippen LogP contribution in [0.25, 0.3) is 0 Å². The van der Waals surface area contributed by atoms with Crippen LogP contribution in [0.3, 0.4) is 0 Å². The maximum Gasteiger partial charge on any atom is 0.356 e. The lowest BCUT2D eigenvalue weighted by atomic mass is 10.0. The maximum absolute atomic E-state index is 12.8. The number of nitrogens with zero attached hydrogens (tertiary/aromatic N) is 3. The molecule has 1 saturated heterocycles. The number of carbonyl (C=O) groups is 2. The SMILES string of the molecule is CCOC(=O)c1cc(C)nn1C1CCN(C(=O)c2ccc3c(c2)OCO3)CC1. The summed E-state index contributed by atoms with van der Waals surface area (Å²) in [6.45, 7) is 5.34. The zero-order valence-electron chi connectivity index (χ0n) is 16.0. The minimum absolute atomic E-state index is 0.0287. The second kappa shape index (κ2) is 7.53. The van der Waals surface area contributed by atoms with Crippen LogP contribution in [-0.4, -0.2) is 53.0 Å². The van der Waals surface area contributed by atoms with Gasteiger partial charge in [0.1, 0.15) is 5.69 Å². The van der Waals surface area contributed by atoms with Gasteiger partial charge in [0.25, 0.3) is 5.91 Å². The highest BCUT2D eigenvalue weighted by atomic mass is 16.7. The first-order valence-corrected chi connectivity index (χ1v) is 9.49. The standard InChI is InChI=1S/C20H23N3O5/c1-3-26-20(25)16-10-13(2)21-23(16)15-6-8-22(9-7-15)19(24)14-4-5-17-18(11-14)28-12-27-17/h4-5,10-11,15H,3,6-9,12H2,1-2H3. The number of aryl methyl sites for hydroxylation is 1. The normalized spacial score (nSPS) is 16.3. The molecule has 0 spiro atoms. The third-order valence-corrected chi connectivity index (χ3v) is 5.06. The van der Waals surface area contributed by atoms with Gasteiger partial charge in [-0.2, -0.15) is 5.10 Å². The van der Waals surface area contributed by atoms with Gasteiger partial charge in [0.15, 0.2) is 11.5 Å². The minimum Gasteiger partial charge on any atom is -0.461 e. The monoisotopic (exact) mass is 385 g/mol. The number of aromatic nitrogens is 2. The number of hydrogen-bond acceptors (Lipinski definition) is 6. The maximum atomic E-state index is 12.8. The Balaban J connectivity index is 1.44. The molecule has 0 atom stereocenters. The molecule has 4 rings (SSSR count). The Kier molecular flexibility index (Phi) is 4.93. The van der Waals surface area contributed by atoms with E-state index in [1.807, 2.05) is 11.8 Å². The van der Waals surface area contributed by atoms with Gasteiger partial charge in [0.2, 0.25) is 6.79 Å². The van der Waals surface area contributed by atoms with Crippen molar-refractivity contribution in [1.82, 2.24) is 14.7 Å². The van der Waals surface area contributed by atoms with E-state index in [2.05, 4.69) is 5.10 Å². The largest absolute Gasteiger partial charge is 0.461 e. The highest BCUT2D eigenvalue weighted by molar-refractivity contribution is 5.95.